The molecule has 0 fully saturated rings. The number of aromatic amines is 1. The van der Waals surface area contributed by atoms with Crippen LogP contribution in [-0.4, -0.2) is 48.4 Å². The van der Waals surface area contributed by atoms with Gasteiger partial charge in [0.15, 0.2) is 0 Å². The van der Waals surface area contributed by atoms with Gasteiger partial charge in [-0.05, 0) is 72.5 Å². The van der Waals surface area contributed by atoms with Crippen LogP contribution >= 0.6 is 0 Å². The fraction of sp³-hybridized carbons (Fsp3) is 0.250. The zero-order valence-electron chi connectivity index (χ0n) is 21.5. The molecule has 0 aliphatic carbocycles. The maximum atomic E-state index is 13.1. The van der Waals surface area contributed by atoms with Crippen molar-refractivity contribution in [3.8, 4) is 5.75 Å². The van der Waals surface area contributed by atoms with Gasteiger partial charge < -0.3 is 25.8 Å². The van der Waals surface area contributed by atoms with Crippen molar-refractivity contribution < 1.29 is 27.8 Å². The van der Waals surface area contributed by atoms with E-state index >= 15 is 0 Å². The lowest BCUT2D eigenvalue weighted by Crippen LogP contribution is -2.32. The van der Waals surface area contributed by atoms with Crippen LogP contribution in [0.15, 0.2) is 66.7 Å². The molecule has 39 heavy (non-hydrogen) atoms. The van der Waals surface area contributed by atoms with Gasteiger partial charge in [-0.25, -0.2) is 12.8 Å². The summed E-state index contributed by atoms with van der Waals surface area (Å²) < 4.78 is 38.3. The highest BCUT2D eigenvalue weighted by Crippen LogP contribution is 2.28. The van der Waals surface area contributed by atoms with Crippen LogP contribution in [0.2, 0.25) is 0 Å². The number of hydrogen-bond acceptors (Lipinski definition) is 6. The number of aromatic hydroxyl groups is 1. The van der Waals surface area contributed by atoms with Crippen LogP contribution in [0.1, 0.15) is 40.2 Å². The van der Waals surface area contributed by atoms with E-state index in [-0.39, 0.29) is 42.3 Å². The fourth-order valence-corrected chi connectivity index (χ4v) is 4.77. The molecule has 0 spiro atoms. The molecule has 0 radical (unpaired) electrons. The number of anilines is 1. The van der Waals surface area contributed by atoms with Crippen molar-refractivity contribution in [3.63, 3.8) is 0 Å². The summed E-state index contributed by atoms with van der Waals surface area (Å²) >= 11 is 0. The maximum Gasteiger partial charge on any atom is 0.267 e. The van der Waals surface area contributed by atoms with Crippen LogP contribution in [0.5, 0.6) is 5.75 Å². The highest BCUT2D eigenvalue weighted by Gasteiger charge is 2.15. The van der Waals surface area contributed by atoms with E-state index < -0.39 is 16.1 Å². The molecule has 0 aliphatic rings. The smallest absolute Gasteiger partial charge is 0.267 e. The Labute approximate surface area is 226 Å². The standard InChI is InChI=1S/C28H31FN4O5S/c1-17(30-16-27(35)20-6-10-26(34)24(13-20)33-39(2,37)38)11-19-5-9-23-21(12-19)14-25(32-23)28(36)31-15-18-3-7-22(29)8-4-18/h3-10,12-14,17,27,30,32-35H,11,15-16H2,1-2H3,(H,31,36)/t17-,27+/m1/s1. The average molecular weight is 555 g/mol. The number of fused-ring (bicyclic) bond motifs is 1. The summed E-state index contributed by atoms with van der Waals surface area (Å²) in [4.78, 5) is 15.7. The van der Waals surface area contributed by atoms with E-state index in [1.165, 1.54) is 30.3 Å². The minimum absolute atomic E-state index is 0.000232. The van der Waals surface area contributed by atoms with Crippen molar-refractivity contribution in [2.24, 2.45) is 0 Å². The Hall–Kier alpha value is -3.93. The number of H-pyrrole nitrogens is 1. The second-order valence-corrected chi connectivity index (χ2v) is 11.3. The molecule has 0 aliphatic heterocycles. The molecule has 4 aromatic rings. The lowest BCUT2D eigenvalue weighted by molar-refractivity contribution is 0.0946. The Balaban J connectivity index is 1.33. The second-order valence-electron chi connectivity index (χ2n) is 9.59. The molecule has 206 valence electrons. The Kier molecular flexibility index (Phi) is 8.54. The van der Waals surface area contributed by atoms with Crippen LogP contribution < -0.4 is 15.4 Å². The first kappa shape index (κ1) is 28.1. The van der Waals surface area contributed by atoms with Gasteiger partial charge in [-0.2, -0.15) is 0 Å². The number of benzene rings is 3. The minimum atomic E-state index is -3.58. The third kappa shape index (κ3) is 7.79. The first-order chi connectivity index (χ1) is 18.5. The summed E-state index contributed by atoms with van der Waals surface area (Å²) in [7, 11) is -3.58. The highest BCUT2D eigenvalue weighted by molar-refractivity contribution is 7.92. The maximum absolute atomic E-state index is 13.1. The van der Waals surface area contributed by atoms with Crippen molar-refractivity contribution in [1.82, 2.24) is 15.6 Å². The number of aliphatic hydroxyl groups is 1. The average Bonchev–Trinajstić information content (AvgIpc) is 3.31. The number of amides is 1. The molecule has 4 rings (SSSR count). The molecule has 6 N–H and O–H groups in total. The van der Waals surface area contributed by atoms with Gasteiger partial charge in [0, 0.05) is 30.0 Å². The van der Waals surface area contributed by atoms with E-state index in [4.69, 9.17) is 0 Å². The van der Waals surface area contributed by atoms with Gasteiger partial charge in [-0.1, -0.05) is 24.3 Å². The number of phenolic OH excluding ortho intramolecular Hbond substituents is 1. The van der Waals surface area contributed by atoms with E-state index in [9.17, 15) is 27.8 Å². The normalized spacial score (nSPS) is 13.2. The number of halogens is 1. The third-order valence-electron chi connectivity index (χ3n) is 6.20. The number of sulfonamides is 1. The lowest BCUT2D eigenvalue weighted by atomic mass is 10.0. The van der Waals surface area contributed by atoms with Crippen molar-refractivity contribution in [1.29, 1.82) is 0 Å². The topological polar surface area (TPSA) is 144 Å². The van der Waals surface area contributed by atoms with Gasteiger partial charge in [0.05, 0.1) is 18.0 Å². The van der Waals surface area contributed by atoms with E-state index in [0.29, 0.717) is 17.7 Å². The summed E-state index contributed by atoms with van der Waals surface area (Å²) in [5.41, 5.74) is 3.55. The monoisotopic (exact) mass is 554 g/mol. The molecule has 1 aromatic heterocycles. The van der Waals surface area contributed by atoms with Crippen LogP contribution in [0.4, 0.5) is 10.1 Å². The number of rotatable bonds is 11. The Morgan fingerprint density at radius 3 is 2.46 bits per heavy atom. The number of carbonyl (C=O) groups is 1. The Bertz CT molecular complexity index is 1570. The predicted molar refractivity (Wildman–Crippen MR) is 149 cm³/mol. The van der Waals surface area contributed by atoms with Crippen molar-refractivity contribution >= 4 is 32.5 Å². The Morgan fingerprint density at radius 1 is 1.03 bits per heavy atom. The molecule has 0 saturated carbocycles. The number of aliphatic hydroxyl groups excluding tert-OH is 1. The highest BCUT2D eigenvalue weighted by atomic mass is 32.2. The molecular weight excluding hydrogens is 523 g/mol. The molecule has 1 heterocycles. The van der Waals surface area contributed by atoms with Gasteiger partial charge in [0.1, 0.15) is 17.3 Å². The summed E-state index contributed by atoms with van der Waals surface area (Å²) in [5, 5.41) is 27.5. The van der Waals surface area contributed by atoms with Gasteiger partial charge in [-0.3, -0.25) is 9.52 Å². The minimum Gasteiger partial charge on any atom is -0.506 e. The molecule has 3 aromatic carbocycles. The molecule has 0 bridgehead atoms. The molecule has 0 unspecified atom stereocenters. The number of aromatic nitrogens is 1. The number of phenols is 1. The first-order valence-electron chi connectivity index (χ1n) is 12.3. The van der Waals surface area contributed by atoms with Gasteiger partial charge in [0.25, 0.3) is 5.91 Å². The molecular formula is C28H31FN4O5S. The van der Waals surface area contributed by atoms with E-state index in [0.717, 1.165) is 28.3 Å². The summed E-state index contributed by atoms with van der Waals surface area (Å²) in [6.07, 6.45) is 0.724. The predicted octanol–water partition coefficient (Wildman–Crippen LogP) is 3.57. The van der Waals surface area contributed by atoms with E-state index in [1.54, 1.807) is 18.2 Å². The first-order valence-corrected chi connectivity index (χ1v) is 14.2. The van der Waals surface area contributed by atoms with Gasteiger partial charge >= 0.3 is 0 Å². The SMILES string of the molecule is C[C@H](Cc1ccc2[nH]c(C(=O)NCc3ccc(F)cc3)cc2c1)NC[C@H](O)c1ccc(O)c(NS(C)(=O)=O)c1. The van der Waals surface area contributed by atoms with Crippen molar-refractivity contribution in [2.75, 3.05) is 17.5 Å². The largest absolute Gasteiger partial charge is 0.506 e. The lowest BCUT2D eigenvalue weighted by Gasteiger charge is -2.18. The van der Waals surface area contributed by atoms with Crippen LogP contribution in [0.25, 0.3) is 10.9 Å². The van der Waals surface area contributed by atoms with E-state index in [1.807, 2.05) is 25.1 Å². The van der Waals surface area contributed by atoms with Crippen molar-refractivity contribution in [2.45, 2.75) is 32.0 Å². The van der Waals surface area contributed by atoms with Gasteiger partial charge in [0.2, 0.25) is 10.0 Å². The van der Waals surface area contributed by atoms with Gasteiger partial charge in [-0.15, -0.1) is 0 Å². The van der Waals surface area contributed by atoms with Crippen molar-refractivity contribution in [3.05, 3.63) is 94.9 Å². The van der Waals surface area contributed by atoms with Crippen LogP contribution in [0, 0.1) is 5.82 Å². The van der Waals surface area contributed by atoms with Crippen LogP contribution in [-0.2, 0) is 23.0 Å². The Morgan fingerprint density at radius 2 is 1.74 bits per heavy atom. The van der Waals surface area contributed by atoms with E-state index in [2.05, 4.69) is 20.3 Å². The quantitative estimate of drug-likeness (QED) is 0.157. The summed E-state index contributed by atoms with van der Waals surface area (Å²) in [6, 6.07) is 17.9. The fourth-order valence-electron chi connectivity index (χ4n) is 4.21. The molecule has 1 amide bonds. The zero-order chi connectivity index (χ0) is 28.2. The second kappa shape index (κ2) is 11.9. The molecule has 11 heteroatoms. The number of hydrogen-bond donors (Lipinski definition) is 6. The molecule has 9 nitrogen and oxygen atoms in total. The zero-order valence-corrected chi connectivity index (χ0v) is 22.3. The van der Waals surface area contributed by atoms with Crippen LogP contribution in [0.3, 0.4) is 0 Å². The molecule has 2 atom stereocenters. The third-order valence-corrected chi connectivity index (χ3v) is 6.79. The number of nitrogens with one attached hydrogen (secondary N) is 4. The summed E-state index contributed by atoms with van der Waals surface area (Å²) in [6.45, 7) is 2.49. The molecule has 0 saturated heterocycles. The number of carbonyl (C=O) groups excluding carboxylic acids is 1. The summed E-state index contributed by atoms with van der Waals surface area (Å²) in [5.74, 6) is -0.816.